The van der Waals surface area contributed by atoms with Crippen LogP contribution in [-0.2, 0) is 19.1 Å². The predicted molar refractivity (Wildman–Crippen MR) is 102 cm³/mol. The van der Waals surface area contributed by atoms with Crippen LogP contribution in [0.15, 0.2) is 47.4 Å². The molecule has 148 valence electrons. The van der Waals surface area contributed by atoms with Crippen molar-refractivity contribution in [3.8, 4) is 0 Å². The van der Waals surface area contributed by atoms with Gasteiger partial charge in [0.1, 0.15) is 0 Å². The summed E-state index contributed by atoms with van der Waals surface area (Å²) in [6.07, 6.45) is 0.0162. The van der Waals surface area contributed by atoms with Gasteiger partial charge in [-0.15, -0.1) is 11.8 Å². The summed E-state index contributed by atoms with van der Waals surface area (Å²) >= 11 is 1.18. The fraction of sp³-hybridized carbons (Fsp3) is 0.211. The van der Waals surface area contributed by atoms with Crippen LogP contribution in [0.5, 0.6) is 0 Å². The van der Waals surface area contributed by atoms with E-state index in [-0.39, 0.29) is 12.3 Å². The SMILES string of the molecule is CC(=O)Nc1ccc(NC(=O)COC(=O)CCSc2ccc(F)c(F)c2)cc1. The van der Waals surface area contributed by atoms with E-state index in [0.717, 1.165) is 12.1 Å². The van der Waals surface area contributed by atoms with E-state index in [0.29, 0.717) is 22.0 Å². The molecule has 6 nitrogen and oxygen atoms in total. The van der Waals surface area contributed by atoms with Crippen molar-refractivity contribution in [2.24, 2.45) is 0 Å². The van der Waals surface area contributed by atoms with Crippen molar-refractivity contribution in [1.29, 1.82) is 0 Å². The van der Waals surface area contributed by atoms with Crippen molar-refractivity contribution in [3.63, 3.8) is 0 Å². The second-order valence-corrected chi connectivity index (χ2v) is 6.81. The van der Waals surface area contributed by atoms with E-state index >= 15 is 0 Å². The fourth-order valence-electron chi connectivity index (χ4n) is 2.07. The summed E-state index contributed by atoms with van der Waals surface area (Å²) in [6.45, 7) is 0.947. The van der Waals surface area contributed by atoms with Crippen LogP contribution in [-0.4, -0.2) is 30.1 Å². The Kier molecular flexibility index (Phi) is 7.94. The van der Waals surface area contributed by atoms with E-state index in [2.05, 4.69) is 10.6 Å². The third-order valence-electron chi connectivity index (χ3n) is 3.32. The predicted octanol–water partition coefficient (Wildman–Crippen LogP) is 3.59. The number of hydrogen-bond donors (Lipinski definition) is 2. The van der Waals surface area contributed by atoms with E-state index in [1.165, 1.54) is 24.8 Å². The van der Waals surface area contributed by atoms with Crippen molar-refractivity contribution >= 4 is 40.9 Å². The van der Waals surface area contributed by atoms with Crippen LogP contribution in [0.4, 0.5) is 20.2 Å². The first-order valence-corrected chi connectivity index (χ1v) is 9.23. The Labute approximate surface area is 164 Å². The molecule has 2 N–H and O–H groups in total. The number of halogens is 2. The van der Waals surface area contributed by atoms with Gasteiger partial charge in [0.25, 0.3) is 5.91 Å². The zero-order chi connectivity index (χ0) is 20.5. The molecule has 0 unspecified atom stereocenters. The van der Waals surface area contributed by atoms with Crippen LogP contribution >= 0.6 is 11.8 Å². The molecule has 0 fully saturated rings. The number of esters is 1. The number of nitrogens with one attached hydrogen (secondary N) is 2. The van der Waals surface area contributed by atoms with Crippen molar-refractivity contribution < 1.29 is 27.9 Å². The van der Waals surface area contributed by atoms with Crippen LogP contribution in [0.1, 0.15) is 13.3 Å². The number of benzene rings is 2. The molecule has 0 spiro atoms. The molecule has 0 atom stereocenters. The first-order chi connectivity index (χ1) is 13.3. The zero-order valence-corrected chi connectivity index (χ0v) is 15.8. The lowest BCUT2D eigenvalue weighted by Gasteiger charge is -2.08. The van der Waals surface area contributed by atoms with Crippen LogP contribution < -0.4 is 10.6 Å². The maximum atomic E-state index is 13.1. The van der Waals surface area contributed by atoms with E-state index in [1.807, 2.05) is 0 Å². The number of hydrogen-bond acceptors (Lipinski definition) is 5. The average Bonchev–Trinajstić information content (AvgIpc) is 2.64. The first kappa shape index (κ1) is 21.4. The quantitative estimate of drug-likeness (QED) is 0.515. The molecule has 0 radical (unpaired) electrons. The maximum absolute atomic E-state index is 13.1. The smallest absolute Gasteiger partial charge is 0.307 e. The van der Waals surface area contributed by atoms with E-state index < -0.39 is 30.1 Å². The highest BCUT2D eigenvalue weighted by Gasteiger charge is 2.09. The Morgan fingerprint density at radius 1 is 0.964 bits per heavy atom. The summed E-state index contributed by atoms with van der Waals surface area (Å²) in [7, 11) is 0. The lowest BCUT2D eigenvalue weighted by Crippen LogP contribution is -2.21. The largest absolute Gasteiger partial charge is 0.456 e. The standard InChI is InChI=1S/C19H18F2N2O4S/c1-12(24)22-13-2-4-14(5-3-13)23-18(25)11-27-19(26)8-9-28-15-6-7-16(20)17(21)10-15/h2-7,10H,8-9,11H2,1H3,(H,22,24)(H,23,25). The van der Waals surface area contributed by atoms with Gasteiger partial charge in [0, 0.05) is 28.9 Å². The molecule has 0 aliphatic heterocycles. The summed E-state index contributed by atoms with van der Waals surface area (Å²) in [5.41, 5.74) is 1.08. The van der Waals surface area contributed by atoms with Gasteiger partial charge in [-0.05, 0) is 42.5 Å². The Morgan fingerprint density at radius 3 is 2.21 bits per heavy atom. The van der Waals surface area contributed by atoms with E-state index in [4.69, 9.17) is 4.74 Å². The minimum absolute atomic E-state index is 0.0162. The minimum atomic E-state index is -0.950. The monoisotopic (exact) mass is 408 g/mol. The molecule has 2 aromatic rings. The number of amides is 2. The van der Waals surface area contributed by atoms with Gasteiger partial charge >= 0.3 is 5.97 Å². The Balaban J connectivity index is 1.68. The van der Waals surface area contributed by atoms with Gasteiger partial charge in [-0.1, -0.05) is 0 Å². The number of thioether (sulfide) groups is 1. The normalized spacial score (nSPS) is 10.2. The second-order valence-electron chi connectivity index (χ2n) is 5.64. The molecule has 2 aromatic carbocycles. The third kappa shape index (κ3) is 7.36. The molecule has 0 aromatic heterocycles. The van der Waals surface area contributed by atoms with Gasteiger partial charge in [-0.25, -0.2) is 8.78 Å². The van der Waals surface area contributed by atoms with Gasteiger partial charge < -0.3 is 15.4 Å². The third-order valence-corrected chi connectivity index (χ3v) is 4.31. The summed E-state index contributed by atoms with van der Waals surface area (Å²) in [4.78, 5) is 34.9. The van der Waals surface area contributed by atoms with Gasteiger partial charge in [0.05, 0.1) is 6.42 Å². The molecule has 0 aliphatic carbocycles. The van der Waals surface area contributed by atoms with Crippen molar-refractivity contribution in [3.05, 3.63) is 54.1 Å². The van der Waals surface area contributed by atoms with Crippen LogP contribution in [0.25, 0.3) is 0 Å². The summed E-state index contributed by atoms with van der Waals surface area (Å²) in [5.74, 6) is -2.86. The lowest BCUT2D eigenvalue weighted by atomic mass is 10.2. The number of carbonyl (C=O) groups is 3. The van der Waals surface area contributed by atoms with Gasteiger partial charge in [0.2, 0.25) is 5.91 Å². The number of rotatable bonds is 8. The molecule has 9 heteroatoms. The van der Waals surface area contributed by atoms with Crippen molar-refractivity contribution in [2.45, 2.75) is 18.2 Å². The van der Waals surface area contributed by atoms with E-state index in [1.54, 1.807) is 24.3 Å². The Bertz CT molecular complexity index is 860. The highest BCUT2D eigenvalue weighted by molar-refractivity contribution is 7.99. The summed E-state index contributed by atoms with van der Waals surface area (Å²) in [6, 6.07) is 9.93. The summed E-state index contributed by atoms with van der Waals surface area (Å²) < 4.78 is 30.8. The first-order valence-electron chi connectivity index (χ1n) is 8.24. The average molecular weight is 408 g/mol. The van der Waals surface area contributed by atoms with E-state index in [9.17, 15) is 23.2 Å². The van der Waals surface area contributed by atoms with Crippen molar-refractivity contribution in [2.75, 3.05) is 23.0 Å². The summed E-state index contributed by atoms with van der Waals surface area (Å²) in [5, 5.41) is 5.16. The highest BCUT2D eigenvalue weighted by Crippen LogP contribution is 2.21. The number of carbonyl (C=O) groups excluding carboxylic acids is 3. The minimum Gasteiger partial charge on any atom is -0.456 e. The fourth-order valence-corrected chi connectivity index (χ4v) is 2.93. The van der Waals surface area contributed by atoms with Gasteiger partial charge in [-0.3, -0.25) is 14.4 Å². The van der Waals surface area contributed by atoms with Gasteiger partial charge in [-0.2, -0.15) is 0 Å². The number of anilines is 2. The molecule has 0 saturated carbocycles. The van der Waals surface area contributed by atoms with Crippen LogP contribution in [0, 0.1) is 11.6 Å². The lowest BCUT2D eigenvalue weighted by molar-refractivity contribution is -0.146. The van der Waals surface area contributed by atoms with Crippen LogP contribution in [0.2, 0.25) is 0 Å². The highest BCUT2D eigenvalue weighted by atomic mass is 32.2. The molecule has 2 rings (SSSR count). The molecule has 0 aliphatic rings. The molecule has 28 heavy (non-hydrogen) atoms. The van der Waals surface area contributed by atoms with Crippen molar-refractivity contribution in [1.82, 2.24) is 0 Å². The Hall–Kier alpha value is -2.94. The maximum Gasteiger partial charge on any atom is 0.307 e. The topological polar surface area (TPSA) is 84.5 Å². The molecule has 0 bridgehead atoms. The molecule has 0 saturated heterocycles. The molecular weight excluding hydrogens is 390 g/mol. The van der Waals surface area contributed by atoms with Gasteiger partial charge in [0.15, 0.2) is 18.2 Å². The zero-order valence-electron chi connectivity index (χ0n) is 15.0. The second kappa shape index (κ2) is 10.4. The number of ether oxygens (including phenoxy) is 1. The van der Waals surface area contributed by atoms with Crippen LogP contribution in [0.3, 0.4) is 0 Å². The molecular formula is C19H18F2N2O4S. The molecule has 2 amide bonds. The Morgan fingerprint density at radius 2 is 1.61 bits per heavy atom. The molecule has 0 heterocycles.